The third-order valence-electron chi connectivity index (χ3n) is 3.88. The summed E-state index contributed by atoms with van der Waals surface area (Å²) < 4.78 is 0. The van der Waals surface area contributed by atoms with E-state index < -0.39 is 0 Å². The van der Waals surface area contributed by atoms with Crippen LogP contribution in [0.5, 0.6) is 0 Å². The van der Waals surface area contributed by atoms with Gasteiger partial charge in [0.2, 0.25) is 0 Å². The molecule has 4 heteroatoms. The van der Waals surface area contributed by atoms with Gasteiger partial charge in [-0.3, -0.25) is 4.79 Å². The summed E-state index contributed by atoms with van der Waals surface area (Å²) in [5.41, 5.74) is 1.85. The normalized spacial score (nSPS) is 16.4. The van der Waals surface area contributed by atoms with Crippen LogP contribution in [0.2, 0.25) is 0 Å². The molecule has 0 radical (unpaired) electrons. The maximum Gasteiger partial charge on any atom is 0.253 e. The summed E-state index contributed by atoms with van der Waals surface area (Å²) in [6, 6.07) is 7.80. The number of nitrogens with zero attached hydrogens (tertiary/aromatic N) is 2. The van der Waals surface area contributed by atoms with Gasteiger partial charge in [-0.25, -0.2) is 4.98 Å². The number of hydrogen-bond donors (Lipinski definition) is 0. The fourth-order valence-electron chi connectivity index (χ4n) is 2.52. The van der Waals surface area contributed by atoms with Crippen molar-refractivity contribution in [3.05, 3.63) is 41.4 Å². The van der Waals surface area contributed by atoms with Crippen LogP contribution in [0, 0.1) is 5.92 Å². The predicted molar refractivity (Wildman–Crippen MR) is 81.9 cm³/mol. The highest BCUT2D eigenvalue weighted by atomic mass is 32.1. The van der Waals surface area contributed by atoms with Crippen molar-refractivity contribution in [1.29, 1.82) is 0 Å². The molecule has 0 bridgehead atoms. The number of hydrogen-bond acceptors (Lipinski definition) is 3. The topological polar surface area (TPSA) is 33.2 Å². The SMILES string of the molecule is CC1CCN(C(=O)c2ccc(-c3nccs3)cc2)CC1. The first-order valence-electron chi connectivity index (χ1n) is 7.03. The molecular formula is C16H18N2OS. The van der Waals surface area contributed by atoms with Crippen LogP contribution in [0.4, 0.5) is 0 Å². The van der Waals surface area contributed by atoms with Gasteiger partial charge in [-0.05, 0) is 30.9 Å². The highest BCUT2D eigenvalue weighted by Gasteiger charge is 2.21. The van der Waals surface area contributed by atoms with Crippen molar-refractivity contribution < 1.29 is 4.79 Å². The van der Waals surface area contributed by atoms with Crippen molar-refractivity contribution in [2.45, 2.75) is 19.8 Å². The van der Waals surface area contributed by atoms with Gasteiger partial charge in [0.25, 0.3) is 5.91 Å². The monoisotopic (exact) mass is 286 g/mol. The first kappa shape index (κ1) is 13.3. The van der Waals surface area contributed by atoms with E-state index in [4.69, 9.17) is 0 Å². The van der Waals surface area contributed by atoms with Crippen molar-refractivity contribution in [2.24, 2.45) is 5.92 Å². The van der Waals surface area contributed by atoms with Crippen molar-refractivity contribution in [1.82, 2.24) is 9.88 Å². The lowest BCUT2D eigenvalue weighted by Gasteiger charge is -2.30. The maximum atomic E-state index is 12.4. The van der Waals surface area contributed by atoms with E-state index in [9.17, 15) is 4.79 Å². The molecule has 104 valence electrons. The number of likely N-dealkylation sites (tertiary alicyclic amines) is 1. The van der Waals surface area contributed by atoms with Crippen molar-refractivity contribution in [3.8, 4) is 10.6 Å². The highest BCUT2D eigenvalue weighted by Crippen LogP contribution is 2.23. The smallest absolute Gasteiger partial charge is 0.253 e. The number of amides is 1. The minimum absolute atomic E-state index is 0.155. The average molecular weight is 286 g/mol. The number of piperidine rings is 1. The standard InChI is InChI=1S/C16H18N2OS/c1-12-6-9-18(10-7-12)16(19)14-4-2-13(3-5-14)15-17-8-11-20-15/h2-5,8,11-12H,6-7,9-10H2,1H3. The van der Waals surface area contributed by atoms with Crippen LogP contribution in [0.3, 0.4) is 0 Å². The van der Waals surface area contributed by atoms with Gasteiger partial charge in [0.15, 0.2) is 0 Å². The molecule has 1 aromatic heterocycles. The number of carbonyl (C=O) groups excluding carboxylic acids is 1. The molecule has 0 atom stereocenters. The molecule has 0 N–H and O–H groups in total. The van der Waals surface area contributed by atoms with E-state index >= 15 is 0 Å². The van der Waals surface area contributed by atoms with Gasteiger partial charge in [-0.15, -0.1) is 11.3 Å². The van der Waals surface area contributed by atoms with Gasteiger partial charge in [-0.1, -0.05) is 19.1 Å². The van der Waals surface area contributed by atoms with Gasteiger partial charge >= 0.3 is 0 Å². The summed E-state index contributed by atoms with van der Waals surface area (Å²) >= 11 is 1.61. The summed E-state index contributed by atoms with van der Waals surface area (Å²) in [6.45, 7) is 4.02. The maximum absolute atomic E-state index is 12.4. The minimum Gasteiger partial charge on any atom is -0.339 e. The molecule has 0 aliphatic carbocycles. The predicted octanol–water partition coefficient (Wildman–Crippen LogP) is 3.68. The number of rotatable bonds is 2. The Morgan fingerprint density at radius 2 is 1.95 bits per heavy atom. The molecule has 1 saturated heterocycles. The lowest BCUT2D eigenvalue weighted by Crippen LogP contribution is -2.37. The molecule has 3 rings (SSSR count). The van der Waals surface area contributed by atoms with Gasteiger partial charge < -0.3 is 4.90 Å². The zero-order valence-electron chi connectivity index (χ0n) is 11.6. The van der Waals surface area contributed by atoms with Crippen LogP contribution in [-0.4, -0.2) is 28.9 Å². The molecule has 1 aliphatic heterocycles. The zero-order chi connectivity index (χ0) is 13.9. The third-order valence-corrected chi connectivity index (χ3v) is 4.70. The second kappa shape index (κ2) is 5.75. The first-order valence-corrected chi connectivity index (χ1v) is 7.91. The molecule has 0 spiro atoms. The fraction of sp³-hybridized carbons (Fsp3) is 0.375. The van der Waals surface area contributed by atoms with Gasteiger partial charge in [0.1, 0.15) is 5.01 Å². The molecule has 0 unspecified atom stereocenters. The average Bonchev–Trinajstić information content (AvgIpc) is 3.02. The van der Waals surface area contributed by atoms with Crippen LogP contribution in [-0.2, 0) is 0 Å². The van der Waals surface area contributed by atoms with Crippen molar-refractivity contribution in [2.75, 3.05) is 13.1 Å². The number of carbonyl (C=O) groups is 1. The Bertz CT molecular complexity index is 569. The molecule has 1 aliphatic rings. The second-order valence-corrected chi connectivity index (χ2v) is 6.28. The number of benzene rings is 1. The lowest BCUT2D eigenvalue weighted by molar-refractivity contribution is 0.0697. The fourth-order valence-corrected chi connectivity index (χ4v) is 3.16. The molecule has 1 amide bonds. The first-order chi connectivity index (χ1) is 9.74. The molecule has 1 aromatic carbocycles. The number of thiazole rings is 1. The molecule has 0 saturated carbocycles. The Labute approximate surface area is 123 Å². The number of aromatic nitrogens is 1. The molecule has 3 nitrogen and oxygen atoms in total. The van der Waals surface area contributed by atoms with E-state index in [1.54, 1.807) is 17.5 Å². The van der Waals surface area contributed by atoms with E-state index in [0.717, 1.165) is 48.0 Å². The largest absolute Gasteiger partial charge is 0.339 e. The summed E-state index contributed by atoms with van der Waals surface area (Å²) in [7, 11) is 0. The van der Waals surface area contributed by atoms with Crippen molar-refractivity contribution in [3.63, 3.8) is 0 Å². The third kappa shape index (κ3) is 2.75. The zero-order valence-corrected chi connectivity index (χ0v) is 12.4. The van der Waals surface area contributed by atoms with Crippen LogP contribution in [0.25, 0.3) is 10.6 Å². The van der Waals surface area contributed by atoms with E-state index in [-0.39, 0.29) is 5.91 Å². The van der Waals surface area contributed by atoms with E-state index in [1.807, 2.05) is 34.5 Å². The molecule has 2 aromatic rings. The summed E-state index contributed by atoms with van der Waals surface area (Å²) in [4.78, 5) is 18.7. The van der Waals surface area contributed by atoms with Crippen LogP contribution in [0.1, 0.15) is 30.1 Å². The van der Waals surface area contributed by atoms with Gasteiger partial charge in [0, 0.05) is 35.8 Å². The van der Waals surface area contributed by atoms with E-state index in [2.05, 4.69) is 11.9 Å². The second-order valence-electron chi connectivity index (χ2n) is 5.39. The highest BCUT2D eigenvalue weighted by molar-refractivity contribution is 7.13. The lowest BCUT2D eigenvalue weighted by atomic mass is 9.98. The van der Waals surface area contributed by atoms with E-state index in [1.165, 1.54) is 0 Å². The Morgan fingerprint density at radius 3 is 2.55 bits per heavy atom. The summed E-state index contributed by atoms with van der Waals surface area (Å²) in [5, 5.41) is 2.96. The van der Waals surface area contributed by atoms with Crippen LogP contribution >= 0.6 is 11.3 Å². The Morgan fingerprint density at radius 1 is 1.25 bits per heavy atom. The Kier molecular flexibility index (Phi) is 3.83. The Hall–Kier alpha value is -1.68. The Balaban J connectivity index is 1.73. The van der Waals surface area contributed by atoms with E-state index in [0.29, 0.717) is 0 Å². The van der Waals surface area contributed by atoms with Gasteiger partial charge in [-0.2, -0.15) is 0 Å². The molecule has 1 fully saturated rings. The summed E-state index contributed by atoms with van der Waals surface area (Å²) in [5.74, 6) is 0.897. The minimum atomic E-state index is 0.155. The quantitative estimate of drug-likeness (QED) is 0.843. The molecular weight excluding hydrogens is 268 g/mol. The molecule has 2 heterocycles. The summed E-state index contributed by atoms with van der Waals surface area (Å²) in [6.07, 6.45) is 4.03. The molecule has 20 heavy (non-hydrogen) atoms. The van der Waals surface area contributed by atoms with Crippen molar-refractivity contribution >= 4 is 17.2 Å². The van der Waals surface area contributed by atoms with Crippen LogP contribution < -0.4 is 0 Å². The van der Waals surface area contributed by atoms with Gasteiger partial charge in [0.05, 0.1) is 0 Å². The van der Waals surface area contributed by atoms with Crippen LogP contribution in [0.15, 0.2) is 35.8 Å².